The molecule has 0 spiro atoms. The Kier molecular flexibility index (Phi) is 6.83. The summed E-state index contributed by atoms with van der Waals surface area (Å²) in [6.07, 6.45) is 0.338. The van der Waals surface area contributed by atoms with E-state index in [4.69, 9.17) is 5.11 Å². The Labute approximate surface area is 135 Å². The average molecular weight is 377 g/mol. The van der Waals surface area contributed by atoms with Crippen molar-refractivity contribution in [2.24, 2.45) is 0 Å². The monoisotopic (exact) mass is 376 g/mol. The highest BCUT2D eigenvalue weighted by Crippen LogP contribution is 2.21. The number of carboxylic acid groups (broad SMARTS) is 1. The number of hydrogen-bond acceptors (Lipinski definition) is 4. The van der Waals surface area contributed by atoms with Gasteiger partial charge in [-0.1, -0.05) is 0 Å². The zero-order valence-electron chi connectivity index (χ0n) is 11.7. The fraction of sp³-hybridized carbons (Fsp3) is 0.462. The molecular weight excluding hydrogens is 360 g/mol. The molecule has 0 aromatic carbocycles. The third kappa shape index (κ3) is 6.26. The molecule has 1 heterocycles. The highest BCUT2D eigenvalue weighted by Gasteiger charge is 2.19. The van der Waals surface area contributed by atoms with E-state index in [1.807, 2.05) is 0 Å². The van der Waals surface area contributed by atoms with E-state index in [9.17, 15) is 14.4 Å². The number of rotatable bonds is 7. The molecule has 0 aliphatic carbocycles. The molecule has 0 aliphatic rings. The minimum absolute atomic E-state index is 0.00852. The molecule has 0 fully saturated rings. The molecule has 116 valence electrons. The summed E-state index contributed by atoms with van der Waals surface area (Å²) in [5, 5.41) is 13.9. The zero-order chi connectivity index (χ0) is 16.0. The van der Waals surface area contributed by atoms with Crippen molar-refractivity contribution in [3.8, 4) is 0 Å². The molecule has 0 radical (unpaired) electrons. The third-order valence-corrected chi connectivity index (χ3v) is 4.34. The molecule has 2 unspecified atom stereocenters. The molecular formula is C13H17BrN2O4S. The summed E-state index contributed by atoms with van der Waals surface area (Å²) < 4.78 is 0.840. The summed E-state index contributed by atoms with van der Waals surface area (Å²) in [5.41, 5.74) is 0. The van der Waals surface area contributed by atoms with Crippen LogP contribution in [0, 0.1) is 0 Å². The number of carbonyl (C=O) groups is 3. The first kappa shape index (κ1) is 17.6. The van der Waals surface area contributed by atoms with Crippen LogP contribution in [0.3, 0.4) is 0 Å². The van der Waals surface area contributed by atoms with Gasteiger partial charge in [-0.2, -0.15) is 0 Å². The topological polar surface area (TPSA) is 95.5 Å². The van der Waals surface area contributed by atoms with Crippen LogP contribution in [0.5, 0.6) is 0 Å². The number of nitrogens with one attached hydrogen (secondary N) is 2. The van der Waals surface area contributed by atoms with Gasteiger partial charge in [0.2, 0.25) is 5.91 Å². The van der Waals surface area contributed by atoms with E-state index < -0.39 is 12.0 Å². The van der Waals surface area contributed by atoms with Gasteiger partial charge in [-0.05, 0) is 48.3 Å². The fourth-order valence-corrected chi connectivity index (χ4v) is 2.84. The van der Waals surface area contributed by atoms with Crippen LogP contribution >= 0.6 is 27.3 Å². The van der Waals surface area contributed by atoms with Crippen molar-refractivity contribution in [3.05, 3.63) is 20.8 Å². The first-order valence-electron chi connectivity index (χ1n) is 6.38. The molecule has 2 atom stereocenters. The number of amides is 2. The highest BCUT2D eigenvalue weighted by atomic mass is 79.9. The van der Waals surface area contributed by atoms with Crippen LogP contribution in [-0.4, -0.2) is 35.0 Å². The molecule has 0 saturated carbocycles. The lowest BCUT2D eigenvalue weighted by Crippen LogP contribution is -2.47. The number of halogens is 1. The SMILES string of the molecule is CC(CCC(=O)O)NC(=O)C(C)NC(=O)c1ccc(Br)s1. The summed E-state index contributed by atoms with van der Waals surface area (Å²) in [6, 6.07) is 2.48. The molecule has 1 rings (SSSR count). The highest BCUT2D eigenvalue weighted by molar-refractivity contribution is 9.11. The van der Waals surface area contributed by atoms with Crippen molar-refractivity contribution < 1.29 is 19.5 Å². The van der Waals surface area contributed by atoms with Gasteiger partial charge in [0.15, 0.2) is 0 Å². The maximum atomic E-state index is 11.9. The van der Waals surface area contributed by atoms with Crippen LogP contribution in [-0.2, 0) is 9.59 Å². The van der Waals surface area contributed by atoms with Gasteiger partial charge in [0.1, 0.15) is 6.04 Å². The minimum atomic E-state index is -0.902. The van der Waals surface area contributed by atoms with E-state index in [1.54, 1.807) is 26.0 Å². The second-order valence-electron chi connectivity index (χ2n) is 4.64. The predicted octanol–water partition coefficient (Wildman–Crippen LogP) is 2.00. The van der Waals surface area contributed by atoms with Gasteiger partial charge in [-0.3, -0.25) is 14.4 Å². The van der Waals surface area contributed by atoms with E-state index in [2.05, 4.69) is 26.6 Å². The van der Waals surface area contributed by atoms with Gasteiger partial charge in [0.05, 0.1) is 8.66 Å². The second kappa shape index (κ2) is 8.14. The predicted molar refractivity (Wildman–Crippen MR) is 83.4 cm³/mol. The lowest BCUT2D eigenvalue weighted by Gasteiger charge is -2.17. The molecule has 6 nitrogen and oxygen atoms in total. The van der Waals surface area contributed by atoms with Crippen LogP contribution in [0.15, 0.2) is 15.9 Å². The van der Waals surface area contributed by atoms with Gasteiger partial charge >= 0.3 is 5.97 Å². The molecule has 0 saturated heterocycles. The van der Waals surface area contributed by atoms with Gasteiger partial charge in [-0.25, -0.2) is 0 Å². The first-order chi connectivity index (χ1) is 9.79. The summed E-state index contributed by atoms with van der Waals surface area (Å²) in [7, 11) is 0. The molecule has 2 amide bonds. The Morgan fingerprint density at radius 2 is 1.95 bits per heavy atom. The number of carbonyl (C=O) groups excluding carboxylic acids is 2. The number of aliphatic carboxylic acids is 1. The van der Waals surface area contributed by atoms with Gasteiger partial charge < -0.3 is 15.7 Å². The smallest absolute Gasteiger partial charge is 0.303 e. The maximum absolute atomic E-state index is 11.9. The van der Waals surface area contributed by atoms with E-state index in [0.717, 1.165) is 3.79 Å². The van der Waals surface area contributed by atoms with Gasteiger partial charge in [-0.15, -0.1) is 11.3 Å². The van der Waals surface area contributed by atoms with Crippen molar-refractivity contribution in [3.63, 3.8) is 0 Å². The normalized spacial score (nSPS) is 13.3. The Balaban J connectivity index is 2.43. The average Bonchev–Trinajstić information content (AvgIpc) is 2.83. The largest absolute Gasteiger partial charge is 0.481 e. The van der Waals surface area contributed by atoms with Crippen molar-refractivity contribution >= 4 is 45.1 Å². The lowest BCUT2D eigenvalue weighted by atomic mass is 10.1. The van der Waals surface area contributed by atoms with E-state index in [-0.39, 0.29) is 24.3 Å². The molecule has 0 aliphatic heterocycles. The quantitative estimate of drug-likeness (QED) is 0.677. The number of carboxylic acids is 1. The summed E-state index contributed by atoms with van der Waals surface area (Å²) in [5.74, 6) is -1.55. The number of thiophene rings is 1. The fourth-order valence-electron chi connectivity index (χ4n) is 1.55. The van der Waals surface area contributed by atoms with Crippen molar-refractivity contribution in [1.82, 2.24) is 10.6 Å². The standard InChI is InChI=1S/C13H17BrN2O4S/c1-7(3-6-11(17)18)15-12(19)8(2)16-13(20)9-4-5-10(14)21-9/h4-5,7-8H,3,6H2,1-2H3,(H,15,19)(H,16,20)(H,17,18). The molecule has 8 heteroatoms. The van der Waals surface area contributed by atoms with E-state index >= 15 is 0 Å². The summed E-state index contributed by atoms with van der Waals surface area (Å²) in [6.45, 7) is 3.31. The van der Waals surface area contributed by atoms with Crippen LogP contribution in [0.4, 0.5) is 0 Å². The third-order valence-electron chi connectivity index (χ3n) is 2.72. The van der Waals surface area contributed by atoms with Crippen LogP contribution in [0.25, 0.3) is 0 Å². The van der Waals surface area contributed by atoms with E-state index in [1.165, 1.54) is 11.3 Å². The Morgan fingerprint density at radius 1 is 1.29 bits per heavy atom. The van der Waals surface area contributed by atoms with Crippen molar-refractivity contribution in [2.75, 3.05) is 0 Å². The Hall–Kier alpha value is -1.41. The lowest BCUT2D eigenvalue weighted by molar-refractivity contribution is -0.137. The van der Waals surface area contributed by atoms with Gasteiger partial charge in [0.25, 0.3) is 5.91 Å². The summed E-state index contributed by atoms with van der Waals surface area (Å²) >= 11 is 4.55. The Bertz CT molecular complexity index is 532. The second-order valence-corrected chi connectivity index (χ2v) is 7.10. The molecule has 1 aromatic rings. The first-order valence-corrected chi connectivity index (χ1v) is 7.99. The minimum Gasteiger partial charge on any atom is -0.481 e. The molecule has 0 bridgehead atoms. The molecule has 21 heavy (non-hydrogen) atoms. The van der Waals surface area contributed by atoms with Crippen molar-refractivity contribution in [2.45, 2.75) is 38.8 Å². The van der Waals surface area contributed by atoms with Gasteiger partial charge in [0, 0.05) is 12.5 Å². The number of hydrogen-bond donors (Lipinski definition) is 3. The van der Waals surface area contributed by atoms with Crippen LogP contribution in [0.2, 0.25) is 0 Å². The van der Waals surface area contributed by atoms with E-state index in [0.29, 0.717) is 11.3 Å². The summed E-state index contributed by atoms with van der Waals surface area (Å²) in [4.78, 5) is 34.8. The zero-order valence-corrected chi connectivity index (χ0v) is 14.1. The Morgan fingerprint density at radius 3 is 2.48 bits per heavy atom. The van der Waals surface area contributed by atoms with Crippen LogP contribution < -0.4 is 10.6 Å². The van der Waals surface area contributed by atoms with Crippen molar-refractivity contribution in [1.29, 1.82) is 0 Å². The maximum Gasteiger partial charge on any atom is 0.303 e. The molecule has 3 N–H and O–H groups in total. The molecule has 1 aromatic heterocycles. The van der Waals surface area contributed by atoms with Crippen LogP contribution in [0.1, 0.15) is 36.4 Å².